The lowest BCUT2D eigenvalue weighted by Crippen LogP contribution is -2.62. The van der Waals surface area contributed by atoms with Gasteiger partial charge in [-0.2, -0.15) is 0 Å². The molecule has 1 aromatic heterocycles. The Morgan fingerprint density at radius 3 is 3.04 bits per heavy atom. The van der Waals surface area contributed by atoms with Gasteiger partial charge in [0, 0.05) is 36.7 Å². The topological polar surface area (TPSA) is 85.4 Å². The Hall–Kier alpha value is -2.34. The van der Waals surface area contributed by atoms with Gasteiger partial charge >= 0.3 is 0 Å². The summed E-state index contributed by atoms with van der Waals surface area (Å²) in [5.41, 5.74) is 1.14. The lowest BCUT2D eigenvalue weighted by molar-refractivity contribution is -0.154. The summed E-state index contributed by atoms with van der Waals surface area (Å²) in [6, 6.07) is 7.91. The number of aromatic amines is 1. The molecule has 3 N–H and O–H groups in total. The molecule has 25 heavy (non-hydrogen) atoms. The highest BCUT2D eigenvalue weighted by Gasteiger charge is 2.50. The van der Waals surface area contributed by atoms with Crippen LogP contribution in [0.25, 0.3) is 10.9 Å². The molecule has 1 aromatic carbocycles. The van der Waals surface area contributed by atoms with Gasteiger partial charge in [-0.25, -0.2) is 0 Å². The molecule has 2 aliphatic heterocycles. The van der Waals surface area contributed by atoms with E-state index >= 15 is 0 Å². The lowest BCUT2D eigenvalue weighted by Gasteiger charge is -2.46. The molecular weight excluding hydrogens is 318 g/mol. The summed E-state index contributed by atoms with van der Waals surface area (Å²) in [6.45, 7) is 1.45. The number of benzene rings is 1. The fourth-order valence-corrected chi connectivity index (χ4v) is 4.21. The van der Waals surface area contributed by atoms with Crippen LogP contribution in [0.3, 0.4) is 0 Å². The van der Waals surface area contributed by atoms with Gasteiger partial charge in [0.05, 0.1) is 17.9 Å². The Morgan fingerprint density at radius 2 is 2.20 bits per heavy atom. The summed E-state index contributed by atoms with van der Waals surface area (Å²) >= 11 is 0. The number of aromatic nitrogens is 1. The van der Waals surface area contributed by atoms with Gasteiger partial charge in [-0.05, 0) is 30.9 Å². The van der Waals surface area contributed by atoms with Gasteiger partial charge in [-0.3, -0.25) is 9.59 Å². The molecule has 132 valence electrons. The maximum atomic E-state index is 12.8. The van der Waals surface area contributed by atoms with Crippen molar-refractivity contribution >= 4 is 22.7 Å². The standard InChI is InChI=1S/C19H23N3O3/c23-16-6-9-22(12-19(16)7-3-8-20-18(19)25)17(24)10-13-11-21-15-5-2-1-4-14(13)15/h1-2,4-5,11,16,21,23H,3,6-10,12H2,(H,20,25)/t16-,19-/m1/s1. The fourth-order valence-electron chi connectivity index (χ4n) is 4.21. The number of aliphatic hydroxyl groups excluding tert-OH is 1. The van der Waals surface area contributed by atoms with Crippen molar-refractivity contribution in [1.82, 2.24) is 15.2 Å². The number of aliphatic hydroxyl groups is 1. The van der Waals surface area contributed by atoms with Crippen LogP contribution in [0.15, 0.2) is 30.5 Å². The van der Waals surface area contributed by atoms with Gasteiger partial charge in [-0.15, -0.1) is 0 Å². The second-order valence-electron chi connectivity index (χ2n) is 7.17. The first-order chi connectivity index (χ1) is 12.1. The van der Waals surface area contributed by atoms with E-state index in [0.29, 0.717) is 38.9 Å². The van der Waals surface area contributed by atoms with Crippen LogP contribution >= 0.6 is 0 Å². The number of likely N-dealkylation sites (tertiary alicyclic amines) is 1. The minimum absolute atomic E-state index is 0.00871. The molecule has 0 unspecified atom stereocenters. The average Bonchev–Trinajstić information content (AvgIpc) is 3.03. The minimum Gasteiger partial charge on any atom is -0.392 e. The van der Waals surface area contributed by atoms with Crippen molar-refractivity contribution in [1.29, 1.82) is 0 Å². The minimum atomic E-state index is -0.841. The summed E-state index contributed by atoms with van der Waals surface area (Å²) in [5.74, 6) is -0.106. The van der Waals surface area contributed by atoms with Gasteiger partial charge in [0.15, 0.2) is 0 Å². The van der Waals surface area contributed by atoms with Crippen LogP contribution in [0.4, 0.5) is 0 Å². The zero-order valence-corrected chi connectivity index (χ0v) is 14.1. The van der Waals surface area contributed by atoms with E-state index in [9.17, 15) is 14.7 Å². The summed E-state index contributed by atoms with van der Waals surface area (Å²) in [5, 5.41) is 14.4. The average molecular weight is 341 g/mol. The van der Waals surface area contributed by atoms with Crippen LogP contribution in [0, 0.1) is 5.41 Å². The van der Waals surface area contributed by atoms with Crippen LogP contribution in [-0.2, 0) is 16.0 Å². The highest BCUT2D eigenvalue weighted by Crippen LogP contribution is 2.37. The number of hydrogen-bond donors (Lipinski definition) is 3. The lowest BCUT2D eigenvalue weighted by atomic mass is 9.71. The zero-order chi connectivity index (χ0) is 17.4. The molecule has 6 heteroatoms. The first kappa shape index (κ1) is 16.1. The third kappa shape index (κ3) is 2.70. The second kappa shape index (κ2) is 6.19. The SMILES string of the molecule is O=C(Cc1c[nH]c2ccccc12)N1CC[C@@H](O)[C@@]2(CCCNC2=O)C1. The molecule has 2 atom stereocenters. The summed E-state index contributed by atoms with van der Waals surface area (Å²) in [7, 11) is 0. The van der Waals surface area contributed by atoms with Crippen molar-refractivity contribution in [2.75, 3.05) is 19.6 Å². The number of nitrogens with zero attached hydrogens (tertiary/aromatic N) is 1. The third-order valence-electron chi connectivity index (χ3n) is 5.69. The first-order valence-corrected chi connectivity index (χ1v) is 8.89. The van der Waals surface area contributed by atoms with Crippen molar-refractivity contribution in [2.24, 2.45) is 5.41 Å². The molecule has 1 spiro atoms. The number of piperidine rings is 2. The van der Waals surface area contributed by atoms with E-state index < -0.39 is 11.5 Å². The molecular formula is C19H23N3O3. The van der Waals surface area contributed by atoms with Crippen LogP contribution in [0.2, 0.25) is 0 Å². The zero-order valence-electron chi connectivity index (χ0n) is 14.1. The maximum Gasteiger partial charge on any atom is 0.230 e. The van der Waals surface area contributed by atoms with Crippen molar-refractivity contribution in [3.63, 3.8) is 0 Å². The number of carbonyl (C=O) groups is 2. The van der Waals surface area contributed by atoms with Gasteiger partial charge < -0.3 is 20.3 Å². The van der Waals surface area contributed by atoms with E-state index in [1.165, 1.54) is 0 Å². The monoisotopic (exact) mass is 341 g/mol. The molecule has 2 aliphatic rings. The maximum absolute atomic E-state index is 12.8. The van der Waals surface area contributed by atoms with E-state index in [-0.39, 0.29) is 11.8 Å². The Balaban J connectivity index is 1.53. The van der Waals surface area contributed by atoms with Crippen molar-refractivity contribution in [3.05, 3.63) is 36.0 Å². The van der Waals surface area contributed by atoms with Gasteiger partial charge in [0.2, 0.25) is 11.8 Å². The molecule has 0 radical (unpaired) electrons. The third-order valence-corrected chi connectivity index (χ3v) is 5.69. The molecule has 2 aromatic rings. The largest absolute Gasteiger partial charge is 0.392 e. The van der Waals surface area contributed by atoms with Gasteiger partial charge in [-0.1, -0.05) is 18.2 Å². The van der Waals surface area contributed by atoms with E-state index in [2.05, 4.69) is 10.3 Å². The molecule has 6 nitrogen and oxygen atoms in total. The number of para-hydroxylation sites is 1. The predicted octanol–water partition coefficient (Wildman–Crippen LogP) is 1.20. The normalized spacial score (nSPS) is 26.8. The van der Waals surface area contributed by atoms with E-state index in [1.807, 2.05) is 30.5 Å². The molecule has 2 fully saturated rings. The highest BCUT2D eigenvalue weighted by atomic mass is 16.3. The number of H-pyrrole nitrogens is 1. The molecule has 2 saturated heterocycles. The number of hydrogen-bond acceptors (Lipinski definition) is 3. The smallest absolute Gasteiger partial charge is 0.230 e. The number of fused-ring (bicyclic) bond motifs is 1. The Bertz CT molecular complexity index is 815. The van der Waals surface area contributed by atoms with Gasteiger partial charge in [0.1, 0.15) is 0 Å². The Morgan fingerprint density at radius 1 is 1.36 bits per heavy atom. The molecule has 0 aliphatic carbocycles. The van der Waals surface area contributed by atoms with Crippen LogP contribution in [0.5, 0.6) is 0 Å². The number of nitrogens with one attached hydrogen (secondary N) is 2. The Kier molecular flexibility index (Phi) is 4.00. The molecule has 0 bridgehead atoms. The quantitative estimate of drug-likeness (QED) is 0.767. The highest BCUT2D eigenvalue weighted by molar-refractivity contribution is 5.90. The van der Waals surface area contributed by atoms with E-state index in [1.54, 1.807) is 4.90 Å². The second-order valence-corrected chi connectivity index (χ2v) is 7.17. The van der Waals surface area contributed by atoms with Crippen LogP contribution in [0.1, 0.15) is 24.8 Å². The van der Waals surface area contributed by atoms with Crippen molar-refractivity contribution in [2.45, 2.75) is 31.8 Å². The number of rotatable bonds is 2. The first-order valence-electron chi connectivity index (χ1n) is 8.89. The van der Waals surface area contributed by atoms with Gasteiger partial charge in [0.25, 0.3) is 0 Å². The van der Waals surface area contributed by atoms with E-state index in [4.69, 9.17) is 0 Å². The van der Waals surface area contributed by atoms with Crippen LogP contribution < -0.4 is 5.32 Å². The fraction of sp³-hybridized carbons (Fsp3) is 0.474. The van der Waals surface area contributed by atoms with Crippen LogP contribution in [-0.4, -0.2) is 52.5 Å². The summed E-state index contributed by atoms with van der Waals surface area (Å²) < 4.78 is 0. The van der Waals surface area contributed by atoms with E-state index in [0.717, 1.165) is 22.9 Å². The molecule has 3 heterocycles. The number of amides is 2. The molecule has 0 saturated carbocycles. The summed E-state index contributed by atoms with van der Waals surface area (Å²) in [4.78, 5) is 30.2. The molecule has 2 amide bonds. The van der Waals surface area contributed by atoms with Crippen molar-refractivity contribution in [3.8, 4) is 0 Å². The molecule has 4 rings (SSSR count). The van der Waals surface area contributed by atoms with Crippen molar-refractivity contribution < 1.29 is 14.7 Å². The summed E-state index contributed by atoms with van der Waals surface area (Å²) in [6.07, 6.45) is 3.43. The number of carbonyl (C=O) groups excluding carboxylic acids is 2. The predicted molar refractivity (Wildman–Crippen MR) is 93.9 cm³/mol. The Labute approximate surface area is 146 Å².